The second-order valence-corrected chi connectivity index (χ2v) is 10.9. The molecule has 0 unspecified atom stereocenters. The molecule has 10 heteroatoms. The number of hydrogen-bond donors (Lipinski definition) is 2. The van der Waals surface area contributed by atoms with E-state index in [1.54, 1.807) is 60.7 Å². The Morgan fingerprint density at radius 2 is 1.56 bits per heavy atom. The van der Waals surface area contributed by atoms with E-state index in [1.165, 1.54) is 22.5 Å². The lowest BCUT2D eigenvalue weighted by Gasteiger charge is -2.18. The molecule has 0 saturated carbocycles. The van der Waals surface area contributed by atoms with Crippen molar-refractivity contribution in [2.24, 2.45) is 0 Å². The predicted molar refractivity (Wildman–Crippen MR) is 124 cm³/mol. The van der Waals surface area contributed by atoms with Gasteiger partial charge in [0.15, 0.2) is 0 Å². The average Bonchev–Trinajstić information content (AvgIpc) is 3.14. The maximum absolute atomic E-state index is 12.9. The summed E-state index contributed by atoms with van der Waals surface area (Å²) in [4.78, 5) is 13.0. The first-order chi connectivity index (χ1) is 15.3. The van der Waals surface area contributed by atoms with Crippen molar-refractivity contribution in [1.82, 2.24) is 0 Å². The Morgan fingerprint density at radius 3 is 2.25 bits per heavy atom. The third-order valence-electron chi connectivity index (χ3n) is 4.97. The molecule has 1 fully saturated rings. The van der Waals surface area contributed by atoms with Crippen molar-refractivity contribution in [3.05, 3.63) is 84.4 Å². The van der Waals surface area contributed by atoms with Crippen molar-refractivity contribution in [3.63, 3.8) is 0 Å². The Balaban J connectivity index is 1.57. The minimum absolute atomic E-state index is 0.0817. The van der Waals surface area contributed by atoms with Gasteiger partial charge in [-0.15, -0.1) is 0 Å². The maximum atomic E-state index is 12.9. The van der Waals surface area contributed by atoms with Crippen molar-refractivity contribution in [2.75, 3.05) is 26.6 Å². The molecule has 0 spiro atoms. The van der Waals surface area contributed by atoms with Crippen LogP contribution in [0.25, 0.3) is 0 Å². The zero-order valence-electron chi connectivity index (χ0n) is 16.9. The molecule has 1 amide bonds. The molecular weight excluding hydrogens is 450 g/mol. The molecule has 1 saturated heterocycles. The van der Waals surface area contributed by atoms with Crippen LogP contribution >= 0.6 is 0 Å². The number of para-hydroxylation sites is 2. The van der Waals surface area contributed by atoms with Gasteiger partial charge in [0.1, 0.15) is 0 Å². The monoisotopic (exact) mass is 471 g/mol. The van der Waals surface area contributed by atoms with Gasteiger partial charge in [-0.25, -0.2) is 16.8 Å². The van der Waals surface area contributed by atoms with Crippen LogP contribution in [0.3, 0.4) is 0 Å². The first-order valence-corrected chi connectivity index (χ1v) is 12.9. The summed E-state index contributed by atoms with van der Waals surface area (Å²) in [6, 6.07) is 20.7. The summed E-state index contributed by atoms with van der Waals surface area (Å²) in [6.07, 6.45) is 0.535. The summed E-state index contributed by atoms with van der Waals surface area (Å²) in [5.41, 5.74) is 1.16. The van der Waals surface area contributed by atoms with Crippen LogP contribution in [0.2, 0.25) is 0 Å². The Bertz CT molecular complexity index is 1360. The highest BCUT2D eigenvalue weighted by molar-refractivity contribution is 7.93. The van der Waals surface area contributed by atoms with Gasteiger partial charge in [-0.1, -0.05) is 36.4 Å². The number of rotatable bonds is 6. The molecule has 166 valence electrons. The first kappa shape index (κ1) is 21.8. The van der Waals surface area contributed by atoms with Crippen LogP contribution in [0.15, 0.2) is 83.8 Å². The van der Waals surface area contributed by atoms with Gasteiger partial charge in [0.25, 0.3) is 15.9 Å². The number of nitrogens with one attached hydrogen (secondary N) is 2. The molecule has 8 nitrogen and oxygen atoms in total. The fraction of sp³-hybridized carbons (Fsp3) is 0.136. The van der Waals surface area contributed by atoms with Crippen molar-refractivity contribution < 1.29 is 21.6 Å². The van der Waals surface area contributed by atoms with E-state index >= 15 is 0 Å². The van der Waals surface area contributed by atoms with E-state index in [0.29, 0.717) is 18.7 Å². The van der Waals surface area contributed by atoms with E-state index in [9.17, 15) is 21.6 Å². The zero-order valence-corrected chi connectivity index (χ0v) is 18.6. The van der Waals surface area contributed by atoms with Crippen molar-refractivity contribution in [2.45, 2.75) is 11.3 Å². The molecule has 0 atom stereocenters. The number of sulfonamides is 2. The second kappa shape index (κ2) is 8.64. The van der Waals surface area contributed by atoms with Gasteiger partial charge in [0.2, 0.25) is 10.0 Å². The lowest BCUT2D eigenvalue weighted by atomic mass is 10.1. The molecule has 1 aliphatic rings. The third kappa shape index (κ3) is 4.61. The smallest absolute Gasteiger partial charge is 0.261 e. The highest BCUT2D eigenvalue weighted by atomic mass is 32.2. The standard InChI is InChI=1S/C22H21N3O5S2/c26-22(17-8-6-9-18(16-17)25-14-7-15-31(25,27)28)23-20-12-4-5-13-21(20)24-32(29,30)19-10-2-1-3-11-19/h1-6,8-13,16,24H,7,14-15H2,(H,23,26). The minimum atomic E-state index is -3.84. The van der Waals surface area contributed by atoms with Crippen LogP contribution in [0.5, 0.6) is 0 Å². The normalized spacial score (nSPS) is 15.3. The Hall–Kier alpha value is -3.37. The molecule has 2 N–H and O–H groups in total. The molecule has 32 heavy (non-hydrogen) atoms. The Morgan fingerprint density at radius 1 is 0.875 bits per heavy atom. The van der Waals surface area contributed by atoms with Crippen molar-refractivity contribution >= 4 is 43.0 Å². The predicted octanol–water partition coefficient (Wildman–Crippen LogP) is 3.28. The molecular formula is C22H21N3O5S2. The summed E-state index contributed by atoms with van der Waals surface area (Å²) in [6.45, 7) is 0.373. The molecule has 0 aliphatic carbocycles. The number of carbonyl (C=O) groups is 1. The van der Waals surface area contributed by atoms with Crippen LogP contribution in [-0.2, 0) is 20.0 Å². The van der Waals surface area contributed by atoms with Crippen molar-refractivity contribution in [3.8, 4) is 0 Å². The highest BCUT2D eigenvalue weighted by Crippen LogP contribution is 2.27. The topological polar surface area (TPSA) is 113 Å². The van der Waals surface area contributed by atoms with Gasteiger partial charge >= 0.3 is 0 Å². The van der Waals surface area contributed by atoms with Crippen LogP contribution in [-0.4, -0.2) is 35.0 Å². The first-order valence-electron chi connectivity index (χ1n) is 9.85. The number of carbonyl (C=O) groups excluding carboxylic acids is 1. The third-order valence-corrected chi connectivity index (χ3v) is 8.22. The lowest BCUT2D eigenvalue weighted by Crippen LogP contribution is -2.25. The number of nitrogens with zero attached hydrogens (tertiary/aromatic N) is 1. The SMILES string of the molecule is O=C(Nc1ccccc1NS(=O)(=O)c1ccccc1)c1cccc(N2CCCS2(=O)=O)c1. The largest absolute Gasteiger partial charge is 0.320 e. The van der Waals surface area contributed by atoms with E-state index in [1.807, 2.05) is 0 Å². The zero-order chi connectivity index (χ0) is 22.8. The van der Waals surface area contributed by atoms with Crippen LogP contribution < -0.4 is 14.3 Å². The Kier molecular flexibility index (Phi) is 5.90. The van der Waals surface area contributed by atoms with Gasteiger partial charge < -0.3 is 5.32 Å². The summed E-state index contributed by atoms with van der Waals surface area (Å²) < 4.78 is 53.5. The molecule has 4 rings (SSSR count). The van der Waals surface area contributed by atoms with E-state index in [-0.39, 0.29) is 27.6 Å². The van der Waals surface area contributed by atoms with Gasteiger partial charge in [0.05, 0.1) is 27.7 Å². The van der Waals surface area contributed by atoms with E-state index in [4.69, 9.17) is 0 Å². The molecule has 3 aromatic rings. The molecule has 0 radical (unpaired) electrons. The van der Waals surface area contributed by atoms with E-state index in [0.717, 1.165) is 0 Å². The highest BCUT2D eigenvalue weighted by Gasteiger charge is 2.28. The molecule has 3 aromatic carbocycles. The molecule has 0 aromatic heterocycles. The Labute approximate surface area is 187 Å². The van der Waals surface area contributed by atoms with Crippen LogP contribution in [0.4, 0.5) is 17.1 Å². The average molecular weight is 472 g/mol. The van der Waals surface area contributed by atoms with Gasteiger partial charge in [-0.2, -0.15) is 0 Å². The summed E-state index contributed by atoms with van der Waals surface area (Å²) in [7, 11) is -7.21. The second-order valence-electron chi connectivity index (χ2n) is 7.21. The van der Waals surface area contributed by atoms with E-state index < -0.39 is 26.0 Å². The van der Waals surface area contributed by atoms with Gasteiger partial charge in [-0.05, 0) is 48.9 Å². The number of benzene rings is 3. The minimum Gasteiger partial charge on any atom is -0.320 e. The molecule has 1 aliphatic heterocycles. The quantitative estimate of drug-likeness (QED) is 0.573. The maximum Gasteiger partial charge on any atom is 0.261 e. The summed E-state index contributed by atoms with van der Waals surface area (Å²) in [5.74, 6) is -0.409. The fourth-order valence-corrected chi connectivity index (χ4v) is 6.07. The van der Waals surface area contributed by atoms with Gasteiger partial charge in [0, 0.05) is 12.1 Å². The molecule has 0 bridgehead atoms. The number of amides is 1. The number of hydrogen-bond acceptors (Lipinski definition) is 5. The molecule has 1 heterocycles. The van der Waals surface area contributed by atoms with Gasteiger partial charge in [-0.3, -0.25) is 13.8 Å². The fourth-order valence-electron chi connectivity index (χ4n) is 3.41. The van der Waals surface area contributed by atoms with Crippen molar-refractivity contribution in [1.29, 1.82) is 0 Å². The summed E-state index contributed by atoms with van der Waals surface area (Å²) >= 11 is 0. The number of anilines is 3. The lowest BCUT2D eigenvalue weighted by molar-refractivity contribution is 0.102. The van der Waals surface area contributed by atoms with Crippen LogP contribution in [0.1, 0.15) is 16.8 Å². The van der Waals surface area contributed by atoms with Crippen LogP contribution in [0, 0.1) is 0 Å². The summed E-state index contributed by atoms with van der Waals surface area (Å²) in [5, 5.41) is 2.71. The van der Waals surface area contributed by atoms with E-state index in [2.05, 4.69) is 10.0 Å².